The molecule has 0 aromatic carbocycles. The SMILES string of the molecule is CCCCCC=CCC=CCC=CCC=CCCC(CCCCCCCCCCCCCCCCCCC)OP(=O)(O)OCC[N+](C)(C)C. The highest BCUT2D eigenvalue weighted by molar-refractivity contribution is 7.47. The Morgan fingerprint density at radius 3 is 1.37 bits per heavy atom. The molecular formula is C43H83NO4P+. The molecule has 0 rings (SSSR count). The molecule has 0 bridgehead atoms. The molecule has 0 heterocycles. The van der Waals surface area contributed by atoms with Crippen molar-refractivity contribution in [2.75, 3.05) is 34.3 Å². The highest BCUT2D eigenvalue weighted by atomic mass is 31.2. The lowest BCUT2D eigenvalue weighted by atomic mass is 10.0. The fourth-order valence-corrected chi connectivity index (χ4v) is 6.80. The number of quaternary nitrogens is 1. The van der Waals surface area contributed by atoms with Crippen LogP contribution in [0.5, 0.6) is 0 Å². The topological polar surface area (TPSA) is 55.8 Å². The van der Waals surface area contributed by atoms with Crippen molar-refractivity contribution in [1.29, 1.82) is 0 Å². The molecule has 1 N–H and O–H groups in total. The van der Waals surface area contributed by atoms with Crippen LogP contribution in [0.3, 0.4) is 0 Å². The molecule has 0 aromatic rings. The normalized spacial score (nSPS) is 14.7. The quantitative estimate of drug-likeness (QED) is 0.0302. The lowest BCUT2D eigenvalue weighted by molar-refractivity contribution is -0.870. The van der Waals surface area contributed by atoms with Crippen molar-refractivity contribution in [2.45, 2.75) is 193 Å². The highest BCUT2D eigenvalue weighted by Crippen LogP contribution is 2.46. The molecule has 0 aromatic heterocycles. The Hall–Kier alpha value is -0.970. The van der Waals surface area contributed by atoms with Crippen molar-refractivity contribution in [3.63, 3.8) is 0 Å². The van der Waals surface area contributed by atoms with Crippen molar-refractivity contribution in [3.05, 3.63) is 48.6 Å². The number of nitrogens with zero attached hydrogens (tertiary/aromatic N) is 1. The molecule has 5 nitrogen and oxygen atoms in total. The van der Waals surface area contributed by atoms with Gasteiger partial charge in [0.2, 0.25) is 0 Å². The van der Waals surface area contributed by atoms with Gasteiger partial charge in [0.05, 0.1) is 27.2 Å². The van der Waals surface area contributed by atoms with Crippen LogP contribution in [0.15, 0.2) is 48.6 Å². The molecule has 0 saturated heterocycles. The van der Waals surface area contributed by atoms with Crippen LogP contribution in [0.25, 0.3) is 0 Å². The maximum absolute atomic E-state index is 12.7. The van der Waals surface area contributed by atoms with E-state index in [4.69, 9.17) is 9.05 Å². The molecule has 0 radical (unpaired) electrons. The number of likely N-dealkylation sites (N-methyl/N-ethyl adjacent to an activating group) is 1. The molecule has 6 heteroatoms. The van der Waals surface area contributed by atoms with Gasteiger partial charge in [0.1, 0.15) is 13.2 Å². The molecule has 0 saturated carbocycles. The third-order valence-electron chi connectivity index (χ3n) is 9.04. The van der Waals surface area contributed by atoms with E-state index in [1.54, 1.807) is 0 Å². The molecule has 288 valence electrons. The van der Waals surface area contributed by atoms with Crippen LogP contribution in [0.4, 0.5) is 0 Å². The summed E-state index contributed by atoms with van der Waals surface area (Å²) in [5.41, 5.74) is 0. The van der Waals surface area contributed by atoms with Gasteiger partial charge in [-0.05, 0) is 51.4 Å². The first-order valence-electron chi connectivity index (χ1n) is 20.8. The smallest absolute Gasteiger partial charge is 0.329 e. The van der Waals surface area contributed by atoms with Gasteiger partial charge >= 0.3 is 7.82 Å². The monoisotopic (exact) mass is 709 g/mol. The van der Waals surface area contributed by atoms with Gasteiger partial charge in [-0.2, -0.15) is 0 Å². The summed E-state index contributed by atoms with van der Waals surface area (Å²) in [4.78, 5) is 10.4. The first kappa shape index (κ1) is 48.0. The van der Waals surface area contributed by atoms with E-state index in [-0.39, 0.29) is 12.7 Å². The van der Waals surface area contributed by atoms with Crippen LogP contribution >= 0.6 is 7.82 Å². The van der Waals surface area contributed by atoms with Crippen LogP contribution in [-0.2, 0) is 13.6 Å². The molecule has 2 unspecified atom stereocenters. The molecule has 0 spiro atoms. The number of hydrogen-bond donors (Lipinski definition) is 1. The molecule has 0 fully saturated rings. The second-order valence-corrected chi connectivity index (χ2v) is 16.6. The average molecular weight is 709 g/mol. The second-order valence-electron chi connectivity index (χ2n) is 15.2. The van der Waals surface area contributed by atoms with Crippen LogP contribution in [0.2, 0.25) is 0 Å². The third kappa shape index (κ3) is 39.7. The second kappa shape index (κ2) is 35.4. The van der Waals surface area contributed by atoms with Gasteiger partial charge < -0.3 is 9.38 Å². The molecule has 0 aliphatic heterocycles. The van der Waals surface area contributed by atoms with Gasteiger partial charge in [-0.15, -0.1) is 0 Å². The lowest BCUT2D eigenvalue weighted by Crippen LogP contribution is -2.37. The van der Waals surface area contributed by atoms with Crippen molar-refractivity contribution in [3.8, 4) is 0 Å². The van der Waals surface area contributed by atoms with E-state index in [1.807, 2.05) is 21.1 Å². The predicted octanol–water partition coefficient (Wildman–Crippen LogP) is 14.0. The molecule has 0 aliphatic rings. The zero-order valence-electron chi connectivity index (χ0n) is 33.3. The minimum absolute atomic E-state index is 0.209. The average Bonchev–Trinajstić information content (AvgIpc) is 3.05. The van der Waals surface area contributed by atoms with E-state index < -0.39 is 7.82 Å². The van der Waals surface area contributed by atoms with E-state index in [1.165, 1.54) is 122 Å². The van der Waals surface area contributed by atoms with Crippen molar-refractivity contribution >= 4 is 7.82 Å². The molecular weight excluding hydrogens is 625 g/mol. The van der Waals surface area contributed by atoms with Crippen LogP contribution in [0.1, 0.15) is 187 Å². The van der Waals surface area contributed by atoms with E-state index in [0.717, 1.165) is 51.4 Å². The number of hydrogen-bond acceptors (Lipinski definition) is 3. The van der Waals surface area contributed by atoms with Crippen LogP contribution in [0, 0.1) is 0 Å². The largest absolute Gasteiger partial charge is 0.472 e. The third-order valence-corrected chi connectivity index (χ3v) is 10.1. The Morgan fingerprint density at radius 2 is 0.918 bits per heavy atom. The van der Waals surface area contributed by atoms with E-state index in [9.17, 15) is 9.46 Å². The minimum atomic E-state index is -4.07. The van der Waals surface area contributed by atoms with Gasteiger partial charge in [0.15, 0.2) is 0 Å². The molecule has 2 atom stereocenters. The maximum Gasteiger partial charge on any atom is 0.472 e. The predicted molar refractivity (Wildman–Crippen MR) is 216 cm³/mol. The number of phosphoric ester groups is 1. The van der Waals surface area contributed by atoms with Gasteiger partial charge in [0, 0.05) is 0 Å². The van der Waals surface area contributed by atoms with Gasteiger partial charge in [-0.25, -0.2) is 4.57 Å². The molecule has 49 heavy (non-hydrogen) atoms. The van der Waals surface area contributed by atoms with Gasteiger partial charge in [0.25, 0.3) is 0 Å². The highest BCUT2D eigenvalue weighted by Gasteiger charge is 2.27. The Bertz CT molecular complexity index is 860. The number of rotatable bonds is 37. The maximum atomic E-state index is 12.7. The fraction of sp³-hybridized carbons (Fsp3) is 0.814. The van der Waals surface area contributed by atoms with Crippen molar-refractivity contribution in [1.82, 2.24) is 0 Å². The van der Waals surface area contributed by atoms with Crippen molar-refractivity contribution < 1.29 is 23.0 Å². The molecule has 0 aliphatic carbocycles. The number of phosphoric acid groups is 1. The van der Waals surface area contributed by atoms with E-state index in [0.29, 0.717) is 11.0 Å². The summed E-state index contributed by atoms with van der Waals surface area (Å²) in [6.07, 6.45) is 50.8. The minimum Gasteiger partial charge on any atom is -0.329 e. The Kier molecular flexibility index (Phi) is 34.7. The van der Waals surface area contributed by atoms with E-state index >= 15 is 0 Å². The first-order chi connectivity index (χ1) is 23.7. The summed E-state index contributed by atoms with van der Waals surface area (Å²) in [5.74, 6) is 0. The van der Waals surface area contributed by atoms with Crippen LogP contribution < -0.4 is 0 Å². The number of allylic oxidation sites excluding steroid dienone is 8. The zero-order valence-corrected chi connectivity index (χ0v) is 34.2. The summed E-state index contributed by atoms with van der Waals surface area (Å²) >= 11 is 0. The lowest BCUT2D eigenvalue weighted by Gasteiger charge is -2.25. The number of unbranched alkanes of at least 4 members (excludes halogenated alkanes) is 19. The summed E-state index contributed by atoms with van der Waals surface area (Å²) in [6.45, 7) is 5.39. The van der Waals surface area contributed by atoms with Crippen molar-refractivity contribution in [2.24, 2.45) is 0 Å². The summed E-state index contributed by atoms with van der Waals surface area (Å²) < 4.78 is 24.5. The Labute approximate surface area is 306 Å². The zero-order chi connectivity index (χ0) is 36.2. The van der Waals surface area contributed by atoms with Gasteiger partial charge in [-0.3, -0.25) is 9.05 Å². The summed E-state index contributed by atoms with van der Waals surface area (Å²) in [7, 11) is 2.05. The fourth-order valence-electron chi connectivity index (χ4n) is 5.84. The van der Waals surface area contributed by atoms with Gasteiger partial charge in [-0.1, -0.05) is 184 Å². The Morgan fingerprint density at radius 1 is 0.531 bits per heavy atom. The standard InChI is InChI=1S/C43H82NO4P/c1-6-8-10-12-14-16-18-20-22-24-26-28-30-32-34-36-38-40-43(48-49(45,46)47-42-41-44(3,4)5)39-37-35-33-31-29-27-25-23-21-19-17-15-13-11-9-7-2/h15,17,21,23,27,29,33,35,43H,6-14,16,18-20,22,24-26,28,30-32,34,36-42H2,1-5H3/p+1. The molecule has 0 amide bonds. The first-order valence-corrected chi connectivity index (χ1v) is 22.3. The van der Waals surface area contributed by atoms with E-state index in [2.05, 4.69) is 62.5 Å². The van der Waals surface area contributed by atoms with Crippen LogP contribution in [-0.4, -0.2) is 49.8 Å². The summed E-state index contributed by atoms with van der Waals surface area (Å²) in [5, 5.41) is 0. The Balaban J connectivity index is 4.26. The summed E-state index contributed by atoms with van der Waals surface area (Å²) in [6, 6.07) is 0.